The average molecular weight is 439 g/mol. The lowest BCUT2D eigenvalue weighted by molar-refractivity contribution is 0.102. The fourth-order valence-electron chi connectivity index (χ4n) is 2.95. The van der Waals surface area contributed by atoms with Crippen LogP contribution in [0.3, 0.4) is 0 Å². The molecule has 1 aliphatic heterocycles. The van der Waals surface area contributed by atoms with E-state index < -0.39 is 43.7 Å². The number of halogens is 2. The molecule has 0 aliphatic carbocycles. The minimum absolute atomic E-state index is 0.0245. The Kier molecular flexibility index (Phi) is 5.23. The first-order valence-electron chi connectivity index (χ1n) is 8.64. The minimum Gasteiger partial charge on any atom is -0.480 e. The predicted molar refractivity (Wildman–Crippen MR) is 105 cm³/mol. The number of hydrogen-bond acceptors (Lipinski definition) is 8. The van der Waals surface area contributed by atoms with Crippen molar-refractivity contribution >= 4 is 27.3 Å². The van der Waals surface area contributed by atoms with Crippen LogP contribution in [0.4, 0.5) is 14.5 Å². The molecule has 0 saturated carbocycles. The van der Waals surface area contributed by atoms with Crippen molar-refractivity contribution in [3.8, 4) is 5.88 Å². The van der Waals surface area contributed by atoms with Crippen molar-refractivity contribution in [2.75, 3.05) is 18.2 Å². The largest absolute Gasteiger partial charge is 0.480 e. The maximum Gasteiger partial charge on any atom is 0.275 e. The fraction of sp³-hybridized carbons (Fsp3) is 0.333. The molecule has 1 aliphatic rings. The van der Waals surface area contributed by atoms with Crippen LogP contribution < -0.4 is 15.8 Å². The van der Waals surface area contributed by atoms with E-state index in [0.29, 0.717) is 0 Å². The Labute approximate surface area is 171 Å². The lowest BCUT2D eigenvalue weighted by Gasteiger charge is -2.35. The number of benzene rings is 1. The van der Waals surface area contributed by atoms with Crippen molar-refractivity contribution in [2.45, 2.75) is 24.4 Å². The van der Waals surface area contributed by atoms with Gasteiger partial charge in [-0.2, -0.15) is 0 Å². The summed E-state index contributed by atoms with van der Waals surface area (Å²) in [5.74, 6) is -2.76. The number of hydrogen-bond donors (Lipinski definition) is 2. The van der Waals surface area contributed by atoms with Crippen molar-refractivity contribution in [3.05, 3.63) is 47.7 Å². The zero-order valence-electron chi connectivity index (χ0n) is 16.3. The highest BCUT2D eigenvalue weighted by Gasteiger charge is 2.53. The molecule has 0 unspecified atom stereocenters. The monoisotopic (exact) mass is 439 g/mol. The zero-order valence-corrected chi connectivity index (χ0v) is 17.1. The molecular formula is C18H19F2N5O4S. The number of nitrogens with one attached hydrogen (secondary N) is 1. The highest BCUT2D eigenvalue weighted by molar-refractivity contribution is 7.93. The van der Waals surface area contributed by atoms with Crippen LogP contribution in [0.1, 0.15) is 29.9 Å². The van der Waals surface area contributed by atoms with Gasteiger partial charge in [-0.25, -0.2) is 27.2 Å². The number of amidine groups is 1. The first kappa shape index (κ1) is 21.6. The molecule has 1 amide bonds. The van der Waals surface area contributed by atoms with Crippen LogP contribution in [0.25, 0.3) is 0 Å². The standard InChI is InChI=1S/C18H19F2N5O4S/c1-17(9-30(27,28)18(2,20)16(21)25-17)11-6-10(4-5-12(11)19)24-15(26)13-7-23-14(29-3)8-22-13/h4-8H,9H2,1-3H3,(H2,21,25)(H,24,26)/t17-,18-/m0/s1. The van der Waals surface area contributed by atoms with Crippen molar-refractivity contribution in [3.63, 3.8) is 0 Å². The van der Waals surface area contributed by atoms with Gasteiger partial charge < -0.3 is 15.8 Å². The number of carbonyl (C=O) groups excluding carboxylic acids is 1. The summed E-state index contributed by atoms with van der Waals surface area (Å²) in [7, 11) is -2.98. The number of methoxy groups -OCH3 is 1. The summed E-state index contributed by atoms with van der Waals surface area (Å²) in [5, 5.41) is -0.330. The van der Waals surface area contributed by atoms with Gasteiger partial charge in [0.1, 0.15) is 22.9 Å². The second kappa shape index (κ2) is 7.27. The van der Waals surface area contributed by atoms with Gasteiger partial charge in [0.05, 0.1) is 25.3 Å². The van der Waals surface area contributed by atoms with Crippen LogP contribution in [-0.2, 0) is 15.4 Å². The van der Waals surface area contributed by atoms with Gasteiger partial charge in [-0.05, 0) is 32.0 Å². The van der Waals surface area contributed by atoms with E-state index in [-0.39, 0.29) is 22.8 Å². The molecule has 1 aromatic heterocycles. The van der Waals surface area contributed by atoms with E-state index in [9.17, 15) is 22.0 Å². The first-order chi connectivity index (χ1) is 13.9. The Morgan fingerprint density at radius 3 is 2.53 bits per heavy atom. The Morgan fingerprint density at radius 2 is 1.97 bits per heavy atom. The molecule has 2 heterocycles. The first-order valence-corrected chi connectivity index (χ1v) is 10.3. The van der Waals surface area contributed by atoms with Crippen LogP contribution in [0, 0.1) is 5.82 Å². The molecule has 3 rings (SSSR count). The predicted octanol–water partition coefficient (Wildman–Crippen LogP) is 1.56. The number of alkyl halides is 1. The number of anilines is 1. The number of amides is 1. The molecule has 30 heavy (non-hydrogen) atoms. The maximum atomic E-state index is 14.6. The molecule has 9 nitrogen and oxygen atoms in total. The molecule has 0 saturated heterocycles. The van der Waals surface area contributed by atoms with Gasteiger partial charge in [0.2, 0.25) is 5.88 Å². The topological polar surface area (TPSA) is 137 Å². The summed E-state index contributed by atoms with van der Waals surface area (Å²) in [6.45, 7) is 2.12. The van der Waals surface area contributed by atoms with Gasteiger partial charge in [-0.15, -0.1) is 0 Å². The molecule has 3 N–H and O–H groups in total. The molecule has 160 valence electrons. The van der Waals surface area contributed by atoms with E-state index in [1.807, 2.05) is 0 Å². The van der Waals surface area contributed by atoms with Gasteiger partial charge in [-0.1, -0.05) is 0 Å². The third kappa shape index (κ3) is 3.70. The number of ether oxygens (including phenoxy) is 1. The van der Waals surface area contributed by atoms with Gasteiger partial charge in [-0.3, -0.25) is 9.79 Å². The van der Waals surface area contributed by atoms with Crippen molar-refractivity contribution in [1.29, 1.82) is 0 Å². The van der Waals surface area contributed by atoms with E-state index in [1.54, 1.807) is 0 Å². The minimum atomic E-state index is -4.37. The average Bonchev–Trinajstić information content (AvgIpc) is 2.67. The van der Waals surface area contributed by atoms with Crippen molar-refractivity contribution < 1.29 is 26.7 Å². The van der Waals surface area contributed by atoms with E-state index in [1.165, 1.54) is 38.6 Å². The summed E-state index contributed by atoms with van der Waals surface area (Å²) in [6.07, 6.45) is 2.45. The van der Waals surface area contributed by atoms with Crippen molar-refractivity contribution in [1.82, 2.24) is 9.97 Å². The Hall–Kier alpha value is -3.15. The highest BCUT2D eigenvalue weighted by Crippen LogP contribution is 2.39. The molecule has 1 aromatic carbocycles. The maximum absolute atomic E-state index is 14.6. The second-order valence-corrected chi connectivity index (χ2v) is 9.32. The van der Waals surface area contributed by atoms with Crippen LogP contribution >= 0.6 is 0 Å². The number of carbonyl (C=O) groups is 1. The third-order valence-corrected chi connectivity index (χ3v) is 7.07. The van der Waals surface area contributed by atoms with Crippen LogP contribution in [0.2, 0.25) is 0 Å². The zero-order chi connectivity index (χ0) is 22.3. The molecule has 2 atom stereocenters. The third-order valence-electron chi connectivity index (χ3n) is 4.75. The number of nitrogens with two attached hydrogens (primary N) is 1. The molecule has 0 fully saturated rings. The summed E-state index contributed by atoms with van der Waals surface area (Å²) < 4.78 is 58.6. The number of sulfone groups is 1. The van der Waals surface area contributed by atoms with E-state index in [2.05, 4.69) is 20.3 Å². The van der Waals surface area contributed by atoms with Crippen molar-refractivity contribution in [2.24, 2.45) is 10.7 Å². The second-order valence-electron chi connectivity index (χ2n) is 7.04. The smallest absolute Gasteiger partial charge is 0.275 e. The molecule has 0 bridgehead atoms. The SMILES string of the molecule is COc1cnc(C(=O)Nc2ccc(F)c([C@]3(C)CS(=O)(=O)[C@](C)(F)C(N)=N3)c2)cn1. The number of aromatic nitrogens is 2. The Bertz CT molecular complexity index is 1140. The lowest BCUT2D eigenvalue weighted by Crippen LogP contribution is -2.54. The summed E-state index contributed by atoms with van der Waals surface area (Å²) in [6, 6.07) is 3.54. The molecule has 0 spiro atoms. The van der Waals surface area contributed by atoms with Crippen LogP contribution in [0.5, 0.6) is 5.88 Å². The molecule has 0 radical (unpaired) electrons. The lowest BCUT2D eigenvalue weighted by atomic mass is 9.93. The van der Waals surface area contributed by atoms with Gasteiger partial charge in [0.15, 0.2) is 9.84 Å². The molecular weight excluding hydrogens is 420 g/mol. The van der Waals surface area contributed by atoms with E-state index in [0.717, 1.165) is 13.0 Å². The van der Waals surface area contributed by atoms with E-state index >= 15 is 0 Å². The normalized spacial score (nSPS) is 25.3. The van der Waals surface area contributed by atoms with Gasteiger partial charge in [0.25, 0.3) is 10.9 Å². The van der Waals surface area contributed by atoms with Gasteiger partial charge in [0, 0.05) is 11.3 Å². The number of aliphatic imine (C=N–C) groups is 1. The quantitative estimate of drug-likeness (QED) is 0.738. The number of nitrogens with zero attached hydrogens (tertiary/aromatic N) is 3. The Morgan fingerprint density at radius 1 is 1.27 bits per heavy atom. The Balaban J connectivity index is 1.95. The highest BCUT2D eigenvalue weighted by atomic mass is 32.2. The molecule has 2 aromatic rings. The summed E-state index contributed by atoms with van der Waals surface area (Å²) in [4.78, 5) is 24.1. The fourth-order valence-corrected chi connectivity index (χ4v) is 4.55. The number of rotatable bonds is 4. The van der Waals surface area contributed by atoms with Gasteiger partial charge >= 0.3 is 0 Å². The summed E-state index contributed by atoms with van der Waals surface area (Å²) in [5.41, 5.74) is 3.83. The van der Waals surface area contributed by atoms with Crippen LogP contribution in [0.15, 0.2) is 35.6 Å². The van der Waals surface area contributed by atoms with Crippen LogP contribution in [-0.4, -0.2) is 48.0 Å². The molecule has 12 heteroatoms. The summed E-state index contributed by atoms with van der Waals surface area (Å²) >= 11 is 0. The van der Waals surface area contributed by atoms with E-state index in [4.69, 9.17) is 10.5 Å².